The van der Waals surface area contributed by atoms with Crippen LogP contribution in [-0.4, -0.2) is 25.2 Å². The van der Waals surface area contributed by atoms with E-state index >= 15 is 0 Å². The Kier molecular flexibility index (Phi) is 6.02. The van der Waals surface area contributed by atoms with Crippen molar-refractivity contribution in [3.8, 4) is 5.75 Å². The summed E-state index contributed by atoms with van der Waals surface area (Å²) in [5.74, 6) is 0.557. The SMILES string of the molecule is COC(=O)C(C)(N)CCCCOc1cccc(C)c1C. The Morgan fingerprint density at radius 1 is 1.30 bits per heavy atom. The highest BCUT2D eigenvalue weighted by Crippen LogP contribution is 2.21. The molecule has 0 aliphatic heterocycles. The monoisotopic (exact) mass is 279 g/mol. The van der Waals surface area contributed by atoms with Crippen LogP contribution in [0.25, 0.3) is 0 Å². The van der Waals surface area contributed by atoms with Gasteiger partial charge in [-0.1, -0.05) is 12.1 Å². The molecule has 1 unspecified atom stereocenters. The van der Waals surface area contributed by atoms with Crippen LogP contribution in [-0.2, 0) is 9.53 Å². The second-order valence-electron chi connectivity index (χ2n) is 5.41. The first-order chi connectivity index (χ1) is 9.38. The van der Waals surface area contributed by atoms with Crippen LogP contribution in [0.4, 0.5) is 0 Å². The second-order valence-corrected chi connectivity index (χ2v) is 5.41. The molecule has 1 rings (SSSR count). The molecule has 2 N–H and O–H groups in total. The molecule has 0 aromatic heterocycles. The van der Waals surface area contributed by atoms with Crippen molar-refractivity contribution < 1.29 is 14.3 Å². The van der Waals surface area contributed by atoms with Gasteiger partial charge in [-0.15, -0.1) is 0 Å². The Morgan fingerprint density at radius 2 is 2.00 bits per heavy atom. The molecule has 0 fully saturated rings. The molecular weight excluding hydrogens is 254 g/mol. The van der Waals surface area contributed by atoms with Crippen molar-refractivity contribution >= 4 is 5.97 Å². The molecule has 0 bridgehead atoms. The highest BCUT2D eigenvalue weighted by Gasteiger charge is 2.28. The van der Waals surface area contributed by atoms with Gasteiger partial charge in [-0.05, 0) is 57.2 Å². The summed E-state index contributed by atoms with van der Waals surface area (Å²) in [4.78, 5) is 11.4. The fourth-order valence-corrected chi connectivity index (χ4v) is 1.99. The number of methoxy groups -OCH3 is 1. The van der Waals surface area contributed by atoms with E-state index in [2.05, 4.69) is 24.7 Å². The van der Waals surface area contributed by atoms with Crippen molar-refractivity contribution in [1.82, 2.24) is 0 Å². The highest BCUT2D eigenvalue weighted by atomic mass is 16.5. The zero-order valence-electron chi connectivity index (χ0n) is 12.9. The maximum atomic E-state index is 11.4. The Hall–Kier alpha value is -1.55. The van der Waals surface area contributed by atoms with Gasteiger partial charge in [0.1, 0.15) is 11.3 Å². The van der Waals surface area contributed by atoms with Crippen LogP contribution in [0.3, 0.4) is 0 Å². The average Bonchev–Trinajstić information content (AvgIpc) is 2.41. The molecule has 0 saturated heterocycles. The van der Waals surface area contributed by atoms with Gasteiger partial charge in [-0.25, -0.2) is 0 Å². The summed E-state index contributed by atoms with van der Waals surface area (Å²) in [5, 5.41) is 0. The normalized spacial score (nSPS) is 13.7. The molecule has 112 valence electrons. The van der Waals surface area contributed by atoms with Crippen LogP contribution in [0.1, 0.15) is 37.3 Å². The van der Waals surface area contributed by atoms with E-state index in [0.29, 0.717) is 13.0 Å². The van der Waals surface area contributed by atoms with Gasteiger partial charge in [0.05, 0.1) is 13.7 Å². The molecule has 20 heavy (non-hydrogen) atoms. The summed E-state index contributed by atoms with van der Waals surface area (Å²) in [6.07, 6.45) is 2.28. The Morgan fingerprint density at radius 3 is 2.65 bits per heavy atom. The molecule has 0 amide bonds. The number of esters is 1. The predicted molar refractivity (Wildman–Crippen MR) is 79.9 cm³/mol. The van der Waals surface area contributed by atoms with Gasteiger partial charge in [0.25, 0.3) is 0 Å². The van der Waals surface area contributed by atoms with E-state index in [9.17, 15) is 4.79 Å². The predicted octanol–water partition coefficient (Wildman–Crippen LogP) is 2.74. The van der Waals surface area contributed by atoms with Gasteiger partial charge in [-0.3, -0.25) is 4.79 Å². The van der Waals surface area contributed by atoms with Crippen LogP contribution in [0.5, 0.6) is 5.75 Å². The fraction of sp³-hybridized carbons (Fsp3) is 0.562. The lowest BCUT2D eigenvalue weighted by Gasteiger charge is -2.21. The lowest BCUT2D eigenvalue weighted by Crippen LogP contribution is -2.45. The minimum Gasteiger partial charge on any atom is -0.493 e. The molecule has 1 aromatic rings. The van der Waals surface area contributed by atoms with E-state index in [4.69, 9.17) is 10.5 Å². The molecular formula is C16H25NO3. The van der Waals surface area contributed by atoms with Crippen molar-refractivity contribution in [2.24, 2.45) is 5.73 Å². The maximum absolute atomic E-state index is 11.4. The second kappa shape index (κ2) is 7.29. The smallest absolute Gasteiger partial charge is 0.325 e. The quantitative estimate of drug-likeness (QED) is 0.616. The Labute approximate surface area is 121 Å². The molecule has 0 spiro atoms. The summed E-state index contributed by atoms with van der Waals surface area (Å²) in [5.41, 5.74) is 7.38. The summed E-state index contributed by atoms with van der Waals surface area (Å²) in [6, 6.07) is 6.04. The summed E-state index contributed by atoms with van der Waals surface area (Å²) >= 11 is 0. The van der Waals surface area contributed by atoms with Crippen molar-refractivity contribution in [2.75, 3.05) is 13.7 Å². The molecule has 0 aliphatic carbocycles. The van der Waals surface area contributed by atoms with Crippen molar-refractivity contribution in [1.29, 1.82) is 0 Å². The number of hydrogen-bond acceptors (Lipinski definition) is 4. The van der Waals surface area contributed by atoms with Gasteiger partial charge < -0.3 is 15.2 Å². The average molecular weight is 279 g/mol. The first-order valence-electron chi connectivity index (χ1n) is 6.95. The van der Waals surface area contributed by atoms with E-state index < -0.39 is 5.54 Å². The first kappa shape index (κ1) is 16.5. The van der Waals surface area contributed by atoms with E-state index in [1.54, 1.807) is 6.92 Å². The van der Waals surface area contributed by atoms with E-state index in [0.717, 1.165) is 18.6 Å². The summed E-state index contributed by atoms with van der Waals surface area (Å²) in [7, 11) is 1.36. The van der Waals surface area contributed by atoms with Crippen molar-refractivity contribution in [3.05, 3.63) is 29.3 Å². The highest BCUT2D eigenvalue weighted by molar-refractivity contribution is 5.79. The Balaban J connectivity index is 2.32. The zero-order valence-corrected chi connectivity index (χ0v) is 12.9. The minimum atomic E-state index is -0.909. The fourth-order valence-electron chi connectivity index (χ4n) is 1.99. The molecule has 1 atom stereocenters. The number of unbranched alkanes of at least 4 members (excludes halogenated alkanes) is 1. The van der Waals surface area contributed by atoms with E-state index in [-0.39, 0.29) is 5.97 Å². The largest absolute Gasteiger partial charge is 0.493 e. The molecule has 0 saturated carbocycles. The topological polar surface area (TPSA) is 61.5 Å². The summed E-state index contributed by atoms with van der Waals surface area (Å²) < 4.78 is 10.4. The molecule has 0 heterocycles. The summed E-state index contributed by atoms with van der Waals surface area (Å²) in [6.45, 7) is 6.45. The lowest BCUT2D eigenvalue weighted by atomic mass is 9.96. The standard InChI is InChI=1S/C16H25NO3/c1-12-8-7-9-14(13(12)2)20-11-6-5-10-16(3,17)15(18)19-4/h7-9H,5-6,10-11,17H2,1-4H3. The number of ether oxygens (including phenoxy) is 2. The van der Waals surface area contributed by atoms with Gasteiger partial charge in [0.15, 0.2) is 0 Å². The first-order valence-corrected chi connectivity index (χ1v) is 6.95. The van der Waals surface area contributed by atoms with Crippen molar-refractivity contribution in [3.63, 3.8) is 0 Å². The van der Waals surface area contributed by atoms with Gasteiger partial charge >= 0.3 is 5.97 Å². The van der Waals surface area contributed by atoms with E-state index in [1.165, 1.54) is 18.2 Å². The minimum absolute atomic E-state index is 0.368. The number of hydrogen-bond donors (Lipinski definition) is 1. The Bertz CT molecular complexity index is 455. The number of nitrogens with two attached hydrogens (primary N) is 1. The number of aryl methyl sites for hydroxylation is 1. The van der Waals surface area contributed by atoms with Crippen molar-refractivity contribution in [2.45, 2.75) is 45.6 Å². The third-order valence-corrected chi connectivity index (χ3v) is 3.55. The van der Waals surface area contributed by atoms with Crippen LogP contribution >= 0.6 is 0 Å². The van der Waals surface area contributed by atoms with Gasteiger partial charge in [-0.2, -0.15) is 0 Å². The lowest BCUT2D eigenvalue weighted by molar-refractivity contribution is -0.146. The molecule has 1 aromatic carbocycles. The molecule has 0 aliphatic rings. The number of rotatable bonds is 7. The third kappa shape index (κ3) is 4.53. The van der Waals surface area contributed by atoms with Crippen LogP contribution in [0.15, 0.2) is 18.2 Å². The third-order valence-electron chi connectivity index (χ3n) is 3.55. The number of benzene rings is 1. The number of carbonyl (C=O) groups is 1. The maximum Gasteiger partial charge on any atom is 0.325 e. The van der Waals surface area contributed by atoms with Gasteiger partial charge in [0, 0.05) is 0 Å². The molecule has 0 radical (unpaired) electrons. The number of carbonyl (C=O) groups excluding carboxylic acids is 1. The van der Waals surface area contributed by atoms with Crippen LogP contribution in [0.2, 0.25) is 0 Å². The molecule has 4 nitrogen and oxygen atoms in total. The zero-order chi connectivity index (χ0) is 15.2. The van der Waals surface area contributed by atoms with E-state index in [1.807, 2.05) is 12.1 Å². The van der Waals surface area contributed by atoms with Crippen LogP contribution in [0, 0.1) is 13.8 Å². The molecule has 4 heteroatoms. The van der Waals surface area contributed by atoms with Gasteiger partial charge in [0.2, 0.25) is 0 Å². The van der Waals surface area contributed by atoms with Crippen LogP contribution < -0.4 is 10.5 Å².